The zero-order valence-corrected chi connectivity index (χ0v) is 7.51. The second kappa shape index (κ2) is 3.76. The van der Waals surface area contributed by atoms with E-state index in [2.05, 4.69) is 10.3 Å². The van der Waals surface area contributed by atoms with Crippen LogP contribution in [0.2, 0.25) is 0 Å². The molecule has 0 saturated heterocycles. The predicted molar refractivity (Wildman–Crippen MR) is 49.0 cm³/mol. The molecule has 0 aromatic carbocycles. The fourth-order valence-electron chi connectivity index (χ4n) is 1.54. The number of guanidine groups is 1. The third kappa shape index (κ3) is 2.37. The third-order valence-corrected chi connectivity index (χ3v) is 2.37. The molecule has 0 aromatic heterocycles. The van der Waals surface area contributed by atoms with Crippen molar-refractivity contribution < 1.29 is 5.11 Å². The van der Waals surface area contributed by atoms with Gasteiger partial charge in [-0.15, -0.1) is 0 Å². The molecule has 1 aliphatic carbocycles. The van der Waals surface area contributed by atoms with E-state index in [0.717, 1.165) is 25.7 Å². The molecule has 4 N–H and O–H groups in total. The van der Waals surface area contributed by atoms with Gasteiger partial charge in [0.15, 0.2) is 5.96 Å². The molecule has 1 fully saturated rings. The lowest BCUT2D eigenvalue weighted by Gasteiger charge is -2.22. The van der Waals surface area contributed by atoms with Crippen molar-refractivity contribution in [2.45, 2.75) is 31.3 Å². The highest BCUT2D eigenvalue weighted by Gasteiger charge is 2.30. The molecule has 0 bridgehead atoms. The Kier molecular flexibility index (Phi) is 2.92. The van der Waals surface area contributed by atoms with Crippen molar-refractivity contribution in [3.05, 3.63) is 0 Å². The van der Waals surface area contributed by atoms with Crippen LogP contribution in [0.25, 0.3) is 0 Å². The molecule has 0 aromatic rings. The third-order valence-electron chi connectivity index (χ3n) is 2.37. The van der Waals surface area contributed by atoms with E-state index in [-0.39, 0.29) is 0 Å². The zero-order valence-electron chi connectivity index (χ0n) is 7.51. The van der Waals surface area contributed by atoms with Gasteiger partial charge >= 0.3 is 0 Å². The van der Waals surface area contributed by atoms with Gasteiger partial charge in [-0.05, 0) is 12.8 Å². The van der Waals surface area contributed by atoms with Crippen molar-refractivity contribution in [3.63, 3.8) is 0 Å². The monoisotopic (exact) mass is 171 g/mol. The van der Waals surface area contributed by atoms with Crippen molar-refractivity contribution in [3.8, 4) is 0 Å². The normalized spacial score (nSPS) is 22.7. The van der Waals surface area contributed by atoms with Gasteiger partial charge in [-0.1, -0.05) is 12.8 Å². The van der Waals surface area contributed by atoms with Gasteiger partial charge in [0.25, 0.3) is 0 Å². The summed E-state index contributed by atoms with van der Waals surface area (Å²) in [5, 5.41) is 12.8. The highest BCUT2D eigenvalue weighted by molar-refractivity contribution is 5.77. The summed E-state index contributed by atoms with van der Waals surface area (Å²) in [6.07, 6.45) is 3.97. The topological polar surface area (TPSA) is 70.6 Å². The van der Waals surface area contributed by atoms with Gasteiger partial charge in [-0.25, -0.2) is 0 Å². The zero-order chi connectivity index (χ0) is 9.03. The van der Waals surface area contributed by atoms with E-state index >= 15 is 0 Å². The molecule has 4 heteroatoms. The van der Waals surface area contributed by atoms with Crippen LogP contribution in [0, 0.1) is 0 Å². The number of rotatable bonds is 2. The smallest absolute Gasteiger partial charge is 0.188 e. The average Bonchev–Trinajstić information content (AvgIpc) is 2.49. The van der Waals surface area contributed by atoms with Crippen molar-refractivity contribution in [1.29, 1.82) is 0 Å². The lowest BCUT2D eigenvalue weighted by atomic mass is 10.0. The molecule has 4 nitrogen and oxygen atoms in total. The number of hydrogen-bond acceptors (Lipinski definition) is 2. The van der Waals surface area contributed by atoms with Gasteiger partial charge in [0.2, 0.25) is 0 Å². The minimum atomic E-state index is -0.546. The standard InChI is InChI=1S/C8H17N3O/c1-10-7(9)11-6-8(12)4-2-3-5-8/h12H,2-6H2,1H3,(H3,9,10,11). The quantitative estimate of drug-likeness (QED) is 0.399. The summed E-state index contributed by atoms with van der Waals surface area (Å²) in [4.78, 5) is 3.75. The first-order valence-electron chi connectivity index (χ1n) is 4.35. The van der Waals surface area contributed by atoms with E-state index in [4.69, 9.17) is 5.73 Å². The maximum absolute atomic E-state index is 9.86. The summed E-state index contributed by atoms with van der Waals surface area (Å²) in [5.74, 6) is 0.398. The molecular weight excluding hydrogens is 154 g/mol. The summed E-state index contributed by atoms with van der Waals surface area (Å²) in [5.41, 5.74) is 4.89. The Labute approximate surface area is 72.9 Å². The largest absolute Gasteiger partial charge is 0.388 e. The van der Waals surface area contributed by atoms with Crippen molar-refractivity contribution in [2.75, 3.05) is 13.6 Å². The SMILES string of the molecule is CN=C(N)NCC1(O)CCCC1. The maximum atomic E-state index is 9.86. The highest BCUT2D eigenvalue weighted by Crippen LogP contribution is 2.28. The number of aliphatic hydroxyl groups is 1. The maximum Gasteiger partial charge on any atom is 0.188 e. The van der Waals surface area contributed by atoms with Gasteiger partial charge in [-0.2, -0.15) is 0 Å². The Morgan fingerprint density at radius 3 is 2.67 bits per heavy atom. The molecule has 1 saturated carbocycles. The molecule has 1 aliphatic rings. The second-order valence-electron chi connectivity index (χ2n) is 3.39. The second-order valence-corrected chi connectivity index (χ2v) is 3.39. The van der Waals surface area contributed by atoms with E-state index in [9.17, 15) is 5.11 Å². The molecule has 0 radical (unpaired) electrons. The minimum absolute atomic E-state index is 0.398. The first-order valence-corrected chi connectivity index (χ1v) is 4.35. The molecular formula is C8H17N3O. The summed E-state index contributed by atoms with van der Waals surface area (Å²) >= 11 is 0. The van der Waals surface area contributed by atoms with Crippen LogP contribution >= 0.6 is 0 Å². The number of aliphatic imine (C=N–C) groups is 1. The fraction of sp³-hybridized carbons (Fsp3) is 0.875. The van der Waals surface area contributed by atoms with E-state index in [1.165, 1.54) is 0 Å². The number of nitrogens with zero attached hydrogens (tertiary/aromatic N) is 1. The molecule has 12 heavy (non-hydrogen) atoms. The molecule has 0 heterocycles. The van der Waals surface area contributed by atoms with Crippen molar-refractivity contribution in [1.82, 2.24) is 5.32 Å². The van der Waals surface area contributed by atoms with Crippen LogP contribution in [-0.2, 0) is 0 Å². The summed E-state index contributed by atoms with van der Waals surface area (Å²) in [7, 11) is 1.63. The van der Waals surface area contributed by atoms with E-state index in [0.29, 0.717) is 12.5 Å². The first-order chi connectivity index (χ1) is 5.66. The van der Waals surface area contributed by atoms with Crippen LogP contribution in [0.5, 0.6) is 0 Å². The van der Waals surface area contributed by atoms with Crippen LogP contribution < -0.4 is 11.1 Å². The summed E-state index contributed by atoms with van der Waals surface area (Å²) < 4.78 is 0. The Balaban J connectivity index is 2.30. The molecule has 0 aliphatic heterocycles. The summed E-state index contributed by atoms with van der Waals surface area (Å²) in [6, 6.07) is 0. The number of hydrogen-bond donors (Lipinski definition) is 3. The van der Waals surface area contributed by atoms with Gasteiger partial charge in [0, 0.05) is 13.6 Å². The van der Waals surface area contributed by atoms with Crippen LogP contribution in [0.15, 0.2) is 4.99 Å². The predicted octanol–water partition coefficient (Wildman–Crippen LogP) is -0.174. The van der Waals surface area contributed by atoms with Gasteiger partial charge < -0.3 is 16.2 Å². The van der Waals surface area contributed by atoms with E-state index < -0.39 is 5.60 Å². The Hall–Kier alpha value is -0.770. The van der Waals surface area contributed by atoms with Gasteiger partial charge in [0.1, 0.15) is 0 Å². The molecule has 0 spiro atoms. The van der Waals surface area contributed by atoms with Crippen LogP contribution in [0.4, 0.5) is 0 Å². The highest BCUT2D eigenvalue weighted by atomic mass is 16.3. The molecule has 0 atom stereocenters. The average molecular weight is 171 g/mol. The van der Waals surface area contributed by atoms with Crippen LogP contribution in [0.3, 0.4) is 0 Å². The lowest BCUT2D eigenvalue weighted by Crippen LogP contribution is -2.43. The van der Waals surface area contributed by atoms with E-state index in [1.54, 1.807) is 7.05 Å². The minimum Gasteiger partial charge on any atom is -0.388 e. The van der Waals surface area contributed by atoms with Crippen LogP contribution in [0.1, 0.15) is 25.7 Å². The molecule has 0 amide bonds. The number of nitrogens with two attached hydrogens (primary N) is 1. The van der Waals surface area contributed by atoms with Crippen molar-refractivity contribution >= 4 is 5.96 Å². The molecule has 0 unspecified atom stereocenters. The fourth-order valence-corrected chi connectivity index (χ4v) is 1.54. The van der Waals surface area contributed by atoms with E-state index in [1.807, 2.05) is 0 Å². The Bertz CT molecular complexity index is 173. The van der Waals surface area contributed by atoms with Crippen LogP contribution in [-0.4, -0.2) is 30.3 Å². The molecule has 1 rings (SSSR count). The Morgan fingerprint density at radius 1 is 1.58 bits per heavy atom. The summed E-state index contributed by atoms with van der Waals surface area (Å²) in [6.45, 7) is 0.524. The number of nitrogens with one attached hydrogen (secondary N) is 1. The van der Waals surface area contributed by atoms with Crippen molar-refractivity contribution in [2.24, 2.45) is 10.7 Å². The van der Waals surface area contributed by atoms with Gasteiger partial charge in [-0.3, -0.25) is 4.99 Å². The van der Waals surface area contributed by atoms with Gasteiger partial charge in [0.05, 0.1) is 5.60 Å². The molecule has 70 valence electrons. The lowest BCUT2D eigenvalue weighted by molar-refractivity contribution is 0.0523. The Morgan fingerprint density at radius 2 is 2.17 bits per heavy atom. The first kappa shape index (κ1) is 9.32.